The van der Waals surface area contributed by atoms with E-state index < -0.39 is 0 Å². The minimum Gasteiger partial charge on any atom is -0.397 e. The first-order valence-electron chi connectivity index (χ1n) is 2.37. The number of nitrogens with zero attached hydrogens (tertiary/aromatic N) is 1. The number of halogens is 3. The molecule has 1 rings (SSSR count). The third-order valence-electron chi connectivity index (χ3n) is 0.946. The third kappa shape index (κ3) is 3.01. The van der Waals surface area contributed by atoms with Gasteiger partial charge in [-0.15, -0.1) is 24.8 Å². The SMILES string of the molecule is Cl.Cl.Nc1ccnc(N)c1Cl. The fourth-order valence-corrected chi connectivity index (χ4v) is 0.587. The molecule has 0 radical (unpaired) electrons. The summed E-state index contributed by atoms with van der Waals surface area (Å²) >= 11 is 5.57. The van der Waals surface area contributed by atoms with Crippen LogP contribution in [-0.4, -0.2) is 4.98 Å². The quantitative estimate of drug-likeness (QED) is 0.694. The van der Waals surface area contributed by atoms with Crippen LogP contribution in [0, 0.1) is 0 Å². The van der Waals surface area contributed by atoms with E-state index in [1.54, 1.807) is 6.07 Å². The topological polar surface area (TPSA) is 64.9 Å². The highest BCUT2D eigenvalue weighted by atomic mass is 35.5. The van der Waals surface area contributed by atoms with Gasteiger partial charge in [0, 0.05) is 6.20 Å². The van der Waals surface area contributed by atoms with Crippen molar-refractivity contribution in [2.45, 2.75) is 0 Å². The Morgan fingerprint density at radius 1 is 1.27 bits per heavy atom. The fraction of sp³-hybridized carbons (Fsp3) is 0. The van der Waals surface area contributed by atoms with E-state index in [-0.39, 0.29) is 30.6 Å². The van der Waals surface area contributed by atoms with E-state index in [4.69, 9.17) is 23.1 Å². The van der Waals surface area contributed by atoms with Gasteiger partial charge in [-0.25, -0.2) is 4.98 Å². The van der Waals surface area contributed by atoms with Gasteiger partial charge in [0.1, 0.15) is 10.8 Å². The van der Waals surface area contributed by atoms with Crippen molar-refractivity contribution in [3.63, 3.8) is 0 Å². The molecule has 3 nitrogen and oxygen atoms in total. The lowest BCUT2D eigenvalue weighted by atomic mass is 10.4. The zero-order chi connectivity index (χ0) is 6.85. The van der Waals surface area contributed by atoms with Crippen molar-refractivity contribution in [1.29, 1.82) is 0 Å². The molecule has 0 aliphatic heterocycles. The van der Waals surface area contributed by atoms with Gasteiger partial charge in [0.2, 0.25) is 0 Å². The summed E-state index contributed by atoms with van der Waals surface area (Å²) in [5.74, 6) is 0.275. The van der Waals surface area contributed by atoms with Crippen molar-refractivity contribution < 1.29 is 0 Å². The van der Waals surface area contributed by atoms with Gasteiger partial charge in [-0.05, 0) is 6.07 Å². The van der Waals surface area contributed by atoms with Crippen LogP contribution in [0.25, 0.3) is 0 Å². The largest absolute Gasteiger partial charge is 0.397 e. The highest BCUT2D eigenvalue weighted by Crippen LogP contribution is 2.21. The Hall–Kier alpha value is -0.380. The second-order valence-corrected chi connectivity index (χ2v) is 1.98. The van der Waals surface area contributed by atoms with Crippen LogP contribution in [0.2, 0.25) is 5.02 Å². The van der Waals surface area contributed by atoms with Crippen LogP contribution in [0.4, 0.5) is 11.5 Å². The first kappa shape index (κ1) is 13.2. The molecular formula is C5H8Cl3N3. The van der Waals surface area contributed by atoms with Crippen molar-refractivity contribution in [3.8, 4) is 0 Å². The first-order valence-corrected chi connectivity index (χ1v) is 2.75. The minimum absolute atomic E-state index is 0. The monoisotopic (exact) mass is 215 g/mol. The minimum atomic E-state index is 0. The summed E-state index contributed by atoms with van der Waals surface area (Å²) in [7, 11) is 0. The number of hydrogen-bond donors (Lipinski definition) is 2. The van der Waals surface area contributed by atoms with E-state index in [1.165, 1.54) is 6.20 Å². The van der Waals surface area contributed by atoms with Gasteiger partial charge in [-0.1, -0.05) is 11.6 Å². The lowest BCUT2D eigenvalue weighted by Gasteiger charge is -1.97. The summed E-state index contributed by atoms with van der Waals surface area (Å²) in [4.78, 5) is 3.71. The number of nitrogen functional groups attached to an aromatic ring is 2. The second-order valence-electron chi connectivity index (χ2n) is 1.60. The lowest BCUT2D eigenvalue weighted by molar-refractivity contribution is 1.34. The number of anilines is 2. The van der Waals surface area contributed by atoms with E-state index >= 15 is 0 Å². The maximum absolute atomic E-state index is 5.57. The highest BCUT2D eigenvalue weighted by molar-refractivity contribution is 6.35. The molecule has 1 aromatic heterocycles. The number of nitrogens with two attached hydrogens (primary N) is 2. The lowest BCUT2D eigenvalue weighted by Crippen LogP contribution is -1.94. The summed E-state index contributed by atoms with van der Waals surface area (Å²) in [6.45, 7) is 0. The van der Waals surface area contributed by atoms with Crippen molar-refractivity contribution >= 4 is 47.9 Å². The molecule has 1 aromatic rings. The molecule has 0 fully saturated rings. The number of rotatable bonds is 0. The molecule has 0 spiro atoms. The summed E-state index contributed by atoms with van der Waals surface area (Å²) in [6, 6.07) is 1.60. The molecule has 11 heavy (non-hydrogen) atoms. The van der Waals surface area contributed by atoms with Crippen LogP contribution in [-0.2, 0) is 0 Å². The molecule has 6 heteroatoms. The maximum Gasteiger partial charge on any atom is 0.144 e. The molecular weight excluding hydrogens is 208 g/mol. The van der Waals surface area contributed by atoms with Gasteiger partial charge < -0.3 is 11.5 Å². The summed E-state index contributed by atoms with van der Waals surface area (Å²) in [5, 5.41) is 0.331. The predicted molar refractivity (Wildman–Crippen MR) is 52.6 cm³/mol. The number of hydrogen-bond acceptors (Lipinski definition) is 3. The van der Waals surface area contributed by atoms with Crippen molar-refractivity contribution in [2.75, 3.05) is 11.5 Å². The van der Waals surface area contributed by atoms with E-state index in [9.17, 15) is 0 Å². The first-order chi connectivity index (χ1) is 4.22. The average Bonchev–Trinajstić information content (AvgIpc) is 1.83. The summed E-state index contributed by atoms with van der Waals surface area (Å²) < 4.78 is 0. The van der Waals surface area contributed by atoms with Gasteiger partial charge in [-0.3, -0.25) is 0 Å². The fourth-order valence-electron chi connectivity index (χ4n) is 0.476. The van der Waals surface area contributed by atoms with Crippen LogP contribution in [0.5, 0.6) is 0 Å². The molecule has 0 unspecified atom stereocenters. The standard InChI is InChI=1S/C5H6ClN3.2ClH/c6-4-3(7)1-2-9-5(4)8;;/h1-2H,(H4,7,8,9);2*1H. The molecule has 0 bridgehead atoms. The molecule has 0 saturated heterocycles. The van der Waals surface area contributed by atoms with Gasteiger partial charge in [0.05, 0.1) is 5.69 Å². The molecule has 0 aromatic carbocycles. The van der Waals surface area contributed by atoms with Gasteiger partial charge >= 0.3 is 0 Å². The molecule has 0 atom stereocenters. The predicted octanol–water partition coefficient (Wildman–Crippen LogP) is 1.74. The third-order valence-corrected chi connectivity index (χ3v) is 1.36. The zero-order valence-corrected chi connectivity index (χ0v) is 7.84. The van der Waals surface area contributed by atoms with Gasteiger partial charge in [0.25, 0.3) is 0 Å². The number of pyridine rings is 1. The molecule has 1 heterocycles. The van der Waals surface area contributed by atoms with Crippen LogP contribution in [0.1, 0.15) is 0 Å². The molecule has 64 valence electrons. The Balaban J connectivity index is 0. The Kier molecular flexibility index (Phi) is 6.37. The van der Waals surface area contributed by atoms with E-state index in [2.05, 4.69) is 4.98 Å². The van der Waals surface area contributed by atoms with E-state index in [1.807, 2.05) is 0 Å². The van der Waals surface area contributed by atoms with Crippen LogP contribution in [0.3, 0.4) is 0 Å². The smallest absolute Gasteiger partial charge is 0.144 e. The summed E-state index contributed by atoms with van der Waals surface area (Å²) in [5.41, 5.74) is 11.1. The average molecular weight is 216 g/mol. The zero-order valence-electron chi connectivity index (χ0n) is 5.45. The van der Waals surface area contributed by atoms with Crippen LogP contribution < -0.4 is 11.5 Å². The maximum atomic E-state index is 5.57. The van der Waals surface area contributed by atoms with E-state index in [0.717, 1.165) is 0 Å². The van der Waals surface area contributed by atoms with Crippen LogP contribution >= 0.6 is 36.4 Å². The Morgan fingerprint density at radius 2 is 1.82 bits per heavy atom. The van der Waals surface area contributed by atoms with Gasteiger partial charge in [-0.2, -0.15) is 0 Å². The van der Waals surface area contributed by atoms with Crippen molar-refractivity contribution in [1.82, 2.24) is 4.98 Å². The Bertz CT molecular complexity index is 208. The molecule has 0 saturated carbocycles. The van der Waals surface area contributed by atoms with Crippen molar-refractivity contribution in [2.24, 2.45) is 0 Å². The molecule has 0 amide bonds. The molecule has 4 N–H and O–H groups in total. The Morgan fingerprint density at radius 3 is 2.18 bits per heavy atom. The van der Waals surface area contributed by atoms with Crippen LogP contribution in [0.15, 0.2) is 12.3 Å². The highest BCUT2D eigenvalue weighted by Gasteiger charge is 1.97. The molecule has 0 aliphatic carbocycles. The normalized spacial score (nSPS) is 7.73. The number of aromatic nitrogens is 1. The van der Waals surface area contributed by atoms with E-state index in [0.29, 0.717) is 10.7 Å². The molecule has 0 aliphatic rings. The second kappa shape index (κ2) is 5.29. The Labute approximate surface area is 81.9 Å². The van der Waals surface area contributed by atoms with Crippen molar-refractivity contribution in [3.05, 3.63) is 17.3 Å². The van der Waals surface area contributed by atoms with Gasteiger partial charge in [0.15, 0.2) is 0 Å². The summed E-state index contributed by atoms with van der Waals surface area (Å²) in [6.07, 6.45) is 1.51.